The third-order valence-electron chi connectivity index (χ3n) is 1.57. The first-order chi connectivity index (χ1) is 5.20. The molecule has 3 heteroatoms. The van der Waals surface area contributed by atoms with Crippen LogP contribution in [0.1, 0.15) is 28.6 Å². The lowest BCUT2D eigenvalue weighted by atomic mass is 10.1. The molecule has 0 bridgehead atoms. The van der Waals surface area contributed by atoms with Gasteiger partial charge in [-0.25, -0.2) is 4.79 Å². The van der Waals surface area contributed by atoms with Gasteiger partial charge in [0.05, 0.1) is 6.61 Å². The van der Waals surface area contributed by atoms with Crippen molar-refractivity contribution in [2.24, 2.45) is 5.92 Å². The maximum atomic E-state index is 10.7. The zero-order valence-corrected chi connectivity index (χ0v) is 7.52. The second-order valence-electron chi connectivity index (χ2n) is 2.61. The normalized spacial score (nSPS) is 12.3. The number of hydrogen-bond donors (Lipinski definition) is 1. The first-order valence-corrected chi connectivity index (χ1v) is 4.11. The van der Waals surface area contributed by atoms with Crippen molar-refractivity contribution in [2.75, 3.05) is 13.2 Å². The number of rotatable bonds is 4. The zero-order chi connectivity index (χ0) is 8.69. The van der Waals surface area contributed by atoms with Gasteiger partial charge >= 0.3 is 6.09 Å². The Balaban J connectivity index is 0. The SMILES string of the molecule is CCOC(=O)NCC(C)CC.[HH]. The molecule has 1 N–H and O–H groups in total. The van der Waals surface area contributed by atoms with Crippen molar-refractivity contribution in [1.29, 1.82) is 0 Å². The van der Waals surface area contributed by atoms with Gasteiger partial charge in [-0.1, -0.05) is 20.3 Å². The van der Waals surface area contributed by atoms with E-state index in [0.717, 1.165) is 6.42 Å². The summed E-state index contributed by atoms with van der Waals surface area (Å²) >= 11 is 0. The van der Waals surface area contributed by atoms with E-state index in [9.17, 15) is 4.79 Å². The molecule has 0 aliphatic rings. The van der Waals surface area contributed by atoms with Crippen molar-refractivity contribution in [3.8, 4) is 0 Å². The quantitative estimate of drug-likeness (QED) is 0.685. The maximum Gasteiger partial charge on any atom is 0.407 e. The molecule has 1 unspecified atom stereocenters. The van der Waals surface area contributed by atoms with Crippen LogP contribution in [0.25, 0.3) is 0 Å². The third kappa shape index (κ3) is 5.70. The van der Waals surface area contributed by atoms with E-state index in [1.807, 2.05) is 0 Å². The summed E-state index contributed by atoms with van der Waals surface area (Å²) in [5, 5.41) is 2.67. The minimum absolute atomic E-state index is 0. The lowest BCUT2D eigenvalue weighted by molar-refractivity contribution is 0.150. The first-order valence-electron chi connectivity index (χ1n) is 4.11. The summed E-state index contributed by atoms with van der Waals surface area (Å²) in [6.45, 7) is 7.12. The van der Waals surface area contributed by atoms with E-state index in [4.69, 9.17) is 0 Å². The van der Waals surface area contributed by atoms with Crippen LogP contribution in [-0.4, -0.2) is 19.2 Å². The van der Waals surface area contributed by atoms with Crippen molar-refractivity contribution in [3.63, 3.8) is 0 Å². The van der Waals surface area contributed by atoms with Crippen LogP contribution in [0.2, 0.25) is 0 Å². The van der Waals surface area contributed by atoms with Crippen LogP contribution in [0.5, 0.6) is 0 Å². The average Bonchev–Trinajstić information content (AvgIpc) is 2.01. The number of ether oxygens (including phenoxy) is 1. The van der Waals surface area contributed by atoms with Gasteiger partial charge in [-0.2, -0.15) is 0 Å². The lowest BCUT2D eigenvalue weighted by Crippen LogP contribution is -2.28. The van der Waals surface area contributed by atoms with Gasteiger partial charge in [0.25, 0.3) is 0 Å². The van der Waals surface area contributed by atoms with E-state index >= 15 is 0 Å². The van der Waals surface area contributed by atoms with Crippen LogP contribution in [0.4, 0.5) is 4.79 Å². The molecule has 1 amide bonds. The summed E-state index contributed by atoms with van der Waals surface area (Å²) < 4.78 is 4.69. The van der Waals surface area contributed by atoms with Crippen molar-refractivity contribution < 1.29 is 11.0 Å². The molecule has 68 valence electrons. The molecule has 0 radical (unpaired) electrons. The van der Waals surface area contributed by atoms with E-state index in [-0.39, 0.29) is 7.52 Å². The fourth-order valence-electron chi connectivity index (χ4n) is 0.584. The fourth-order valence-corrected chi connectivity index (χ4v) is 0.584. The molecule has 0 aromatic rings. The van der Waals surface area contributed by atoms with E-state index in [2.05, 4.69) is 23.9 Å². The molecule has 3 nitrogen and oxygen atoms in total. The van der Waals surface area contributed by atoms with Crippen LogP contribution in [0, 0.1) is 5.92 Å². The minimum atomic E-state index is -0.312. The topological polar surface area (TPSA) is 38.3 Å². The zero-order valence-electron chi connectivity index (χ0n) is 7.52. The third-order valence-corrected chi connectivity index (χ3v) is 1.57. The molecule has 1 atom stereocenters. The van der Waals surface area contributed by atoms with Gasteiger partial charge in [-0.3, -0.25) is 0 Å². The largest absolute Gasteiger partial charge is 0.450 e. The Bertz CT molecular complexity index is 120. The van der Waals surface area contributed by atoms with Gasteiger partial charge in [-0.15, -0.1) is 0 Å². The number of carbonyl (C=O) groups excluding carboxylic acids is 1. The predicted molar refractivity (Wildman–Crippen MR) is 46.6 cm³/mol. The number of hydrogen-bond acceptors (Lipinski definition) is 2. The molecular weight excluding hydrogens is 142 g/mol. The van der Waals surface area contributed by atoms with Crippen LogP contribution < -0.4 is 5.32 Å². The Kier molecular flexibility index (Phi) is 5.61. The summed E-state index contributed by atoms with van der Waals surface area (Å²) in [5.41, 5.74) is 0. The summed E-state index contributed by atoms with van der Waals surface area (Å²) in [4.78, 5) is 10.7. The molecule has 0 aromatic carbocycles. The molecule has 0 aliphatic carbocycles. The number of alkyl carbamates (subject to hydrolysis) is 1. The first kappa shape index (κ1) is 10.3. The minimum Gasteiger partial charge on any atom is -0.450 e. The van der Waals surface area contributed by atoms with E-state index in [0.29, 0.717) is 19.1 Å². The Morgan fingerprint density at radius 2 is 2.27 bits per heavy atom. The predicted octanol–water partition coefficient (Wildman–Crippen LogP) is 2.02. The van der Waals surface area contributed by atoms with Crippen LogP contribution >= 0.6 is 0 Å². The van der Waals surface area contributed by atoms with Crippen molar-refractivity contribution >= 4 is 6.09 Å². The van der Waals surface area contributed by atoms with Crippen molar-refractivity contribution in [3.05, 3.63) is 0 Å². The fraction of sp³-hybridized carbons (Fsp3) is 0.875. The Morgan fingerprint density at radius 1 is 1.64 bits per heavy atom. The highest BCUT2D eigenvalue weighted by Crippen LogP contribution is 1.96. The Hall–Kier alpha value is -0.730. The van der Waals surface area contributed by atoms with Gasteiger partial charge in [0.15, 0.2) is 0 Å². The van der Waals surface area contributed by atoms with Gasteiger partial charge < -0.3 is 10.1 Å². The molecule has 0 saturated heterocycles. The molecule has 0 spiro atoms. The van der Waals surface area contributed by atoms with Gasteiger partial charge in [0.2, 0.25) is 0 Å². The maximum absolute atomic E-state index is 10.7. The lowest BCUT2D eigenvalue weighted by Gasteiger charge is -2.09. The van der Waals surface area contributed by atoms with Gasteiger partial charge in [0, 0.05) is 7.97 Å². The van der Waals surface area contributed by atoms with Gasteiger partial charge in [-0.05, 0) is 12.8 Å². The molecule has 0 fully saturated rings. The highest BCUT2D eigenvalue weighted by molar-refractivity contribution is 5.66. The van der Waals surface area contributed by atoms with Crippen LogP contribution in [-0.2, 0) is 4.74 Å². The van der Waals surface area contributed by atoms with E-state index in [1.54, 1.807) is 6.92 Å². The van der Waals surface area contributed by atoms with Crippen LogP contribution in [0.15, 0.2) is 0 Å². The Labute approximate surface area is 69.6 Å². The van der Waals surface area contributed by atoms with Crippen LogP contribution in [0.3, 0.4) is 0 Å². The highest BCUT2D eigenvalue weighted by Gasteiger charge is 2.02. The molecule has 0 heterocycles. The number of carbonyl (C=O) groups is 1. The molecule has 0 aromatic heterocycles. The number of nitrogens with one attached hydrogen (secondary N) is 1. The second kappa shape index (κ2) is 6.01. The molecule has 0 aliphatic heterocycles. The average molecular weight is 161 g/mol. The molecule has 0 rings (SSSR count). The Morgan fingerprint density at radius 3 is 2.73 bits per heavy atom. The summed E-state index contributed by atoms with van der Waals surface area (Å²) in [6.07, 6.45) is 0.764. The molecule has 11 heavy (non-hydrogen) atoms. The van der Waals surface area contributed by atoms with Crippen molar-refractivity contribution in [1.82, 2.24) is 5.32 Å². The van der Waals surface area contributed by atoms with Gasteiger partial charge in [0.1, 0.15) is 0 Å². The summed E-state index contributed by atoms with van der Waals surface area (Å²) in [5.74, 6) is 0.527. The van der Waals surface area contributed by atoms with E-state index in [1.165, 1.54) is 0 Å². The van der Waals surface area contributed by atoms with E-state index < -0.39 is 0 Å². The standard InChI is InChI=1S/C8H17NO2.H2/c1-4-7(3)6-9-8(10)11-5-2;/h7H,4-6H2,1-3H3,(H,9,10);1H. The second-order valence-corrected chi connectivity index (χ2v) is 2.61. The molecular formula is C8H19NO2. The monoisotopic (exact) mass is 161 g/mol. The summed E-state index contributed by atoms with van der Waals surface area (Å²) in [7, 11) is 0. The number of amides is 1. The summed E-state index contributed by atoms with van der Waals surface area (Å²) in [6, 6.07) is 0. The smallest absolute Gasteiger partial charge is 0.407 e. The van der Waals surface area contributed by atoms with Crippen molar-refractivity contribution in [2.45, 2.75) is 27.2 Å². The highest BCUT2D eigenvalue weighted by atomic mass is 16.5. The molecule has 0 saturated carbocycles.